The number of carbonyl (C=O) groups is 1. The monoisotopic (exact) mass is 256 g/mol. The second kappa shape index (κ2) is 6.05. The lowest BCUT2D eigenvalue weighted by molar-refractivity contribution is 0.0985. The Hall–Kier alpha value is -2.29. The summed E-state index contributed by atoms with van der Waals surface area (Å²) in [5.74, 6) is 1.05. The molecule has 3 heteroatoms. The zero-order valence-electron chi connectivity index (χ0n) is 10.8. The molecule has 1 N–H and O–H groups in total. The van der Waals surface area contributed by atoms with Gasteiger partial charge in [-0.1, -0.05) is 31.2 Å². The molecule has 0 fully saturated rings. The van der Waals surface area contributed by atoms with Crippen LogP contribution in [-0.2, 0) is 6.61 Å². The molecule has 0 radical (unpaired) electrons. The summed E-state index contributed by atoms with van der Waals surface area (Å²) in [5.41, 5.74) is 1.69. The van der Waals surface area contributed by atoms with Gasteiger partial charge in [-0.25, -0.2) is 0 Å². The van der Waals surface area contributed by atoms with Crippen LogP contribution in [0.25, 0.3) is 0 Å². The van der Waals surface area contributed by atoms with E-state index in [0.717, 1.165) is 12.4 Å². The number of rotatable bonds is 2. The van der Waals surface area contributed by atoms with Gasteiger partial charge < -0.3 is 9.84 Å². The normalized spacial score (nSPS) is 11.2. The van der Waals surface area contributed by atoms with Crippen molar-refractivity contribution in [2.24, 2.45) is 0 Å². The molecule has 0 saturated heterocycles. The Bertz CT molecular complexity index is 556. The molecular weight excluding hydrogens is 240 g/mol. The van der Waals surface area contributed by atoms with Crippen molar-refractivity contribution in [1.82, 2.24) is 0 Å². The third-order valence-electron chi connectivity index (χ3n) is 2.83. The maximum atomic E-state index is 11.1. The third kappa shape index (κ3) is 3.35. The standard InChI is InChI=1S/C9H10O2.C7H6O/c1-2-8(10)7-5-3-4-6-9(7)11;1-2-6-4-7(3-1)8-5-6/h3-6,11H,2H2,1H3;1-4H,5H2. The highest BCUT2D eigenvalue weighted by Gasteiger charge is 2.06. The lowest BCUT2D eigenvalue weighted by atomic mass is 10.1. The third-order valence-corrected chi connectivity index (χ3v) is 2.83. The molecule has 3 rings (SSSR count). The van der Waals surface area contributed by atoms with E-state index >= 15 is 0 Å². The predicted octanol–water partition coefficient (Wildman–Crippen LogP) is 3.56. The maximum Gasteiger partial charge on any atom is 0.166 e. The number of fused-ring (bicyclic) bond motifs is 2. The van der Waals surface area contributed by atoms with Gasteiger partial charge in [0.25, 0.3) is 0 Å². The molecule has 1 aliphatic heterocycles. The summed E-state index contributed by atoms with van der Waals surface area (Å²) < 4.78 is 5.18. The minimum absolute atomic E-state index is 0.0249. The highest BCUT2D eigenvalue weighted by Crippen LogP contribution is 2.20. The number of phenols is 1. The highest BCUT2D eigenvalue weighted by molar-refractivity contribution is 5.98. The molecule has 0 aliphatic carbocycles. The fraction of sp³-hybridized carbons (Fsp3) is 0.188. The van der Waals surface area contributed by atoms with Crippen molar-refractivity contribution in [2.75, 3.05) is 0 Å². The Morgan fingerprint density at radius 1 is 1.21 bits per heavy atom. The number of hydrogen-bond donors (Lipinski definition) is 1. The number of para-hydroxylation sites is 1. The van der Waals surface area contributed by atoms with Crippen LogP contribution in [0.2, 0.25) is 0 Å². The summed E-state index contributed by atoms with van der Waals surface area (Å²) >= 11 is 0. The minimum Gasteiger partial charge on any atom is -0.507 e. The van der Waals surface area contributed by atoms with E-state index in [2.05, 4.69) is 12.1 Å². The number of phenolic OH excluding ortho intramolecular Hbond substituents is 1. The molecule has 0 spiro atoms. The van der Waals surface area contributed by atoms with E-state index < -0.39 is 0 Å². The Labute approximate surface area is 112 Å². The van der Waals surface area contributed by atoms with Crippen LogP contribution in [0.5, 0.6) is 11.5 Å². The molecule has 0 amide bonds. The van der Waals surface area contributed by atoms with Crippen LogP contribution in [0.1, 0.15) is 29.3 Å². The summed E-state index contributed by atoms with van der Waals surface area (Å²) in [6.45, 7) is 2.54. The van der Waals surface area contributed by atoms with Crippen molar-refractivity contribution in [1.29, 1.82) is 0 Å². The van der Waals surface area contributed by atoms with Crippen molar-refractivity contribution < 1.29 is 14.6 Å². The molecule has 2 aromatic carbocycles. The van der Waals surface area contributed by atoms with Gasteiger partial charge in [0.1, 0.15) is 18.1 Å². The second-order valence-electron chi connectivity index (χ2n) is 4.23. The van der Waals surface area contributed by atoms with E-state index in [1.165, 1.54) is 11.6 Å². The van der Waals surface area contributed by atoms with Crippen molar-refractivity contribution in [3.63, 3.8) is 0 Å². The molecule has 2 bridgehead atoms. The molecular formula is C16H16O3. The van der Waals surface area contributed by atoms with Gasteiger partial charge in [0, 0.05) is 6.42 Å². The van der Waals surface area contributed by atoms with Crippen molar-refractivity contribution in [3.8, 4) is 11.5 Å². The number of aromatic hydroxyl groups is 1. The summed E-state index contributed by atoms with van der Waals surface area (Å²) in [6, 6.07) is 14.7. The lowest BCUT2D eigenvalue weighted by Gasteiger charge is -1.99. The molecule has 1 heterocycles. The van der Waals surface area contributed by atoms with Crippen molar-refractivity contribution in [3.05, 3.63) is 59.7 Å². The molecule has 1 aliphatic rings. The average molecular weight is 256 g/mol. The largest absolute Gasteiger partial charge is 0.507 e. The van der Waals surface area contributed by atoms with Gasteiger partial charge in [-0.15, -0.1) is 0 Å². The quantitative estimate of drug-likeness (QED) is 0.836. The Kier molecular flexibility index (Phi) is 4.18. The lowest BCUT2D eigenvalue weighted by Crippen LogP contribution is -1.95. The first-order valence-electron chi connectivity index (χ1n) is 6.23. The van der Waals surface area contributed by atoms with Gasteiger partial charge >= 0.3 is 0 Å². The van der Waals surface area contributed by atoms with E-state index in [1.54, 1.807) is 25.1 Å². The van der Waals surface area contributed by atoms with Gasteiger partial charge in [0.2, 0.25) is 0 Å². The van der Waals surface area contributed by atoms with E-state index in [0.29, 0.717) is 12.0 Å². The Morgan fingerprint density at radius 2 is 2.00 bits per heavy atom. The first kappa shape index (κ1) is 13.1. The summed E-state index contributed by atoms with van der Waals surface area (Å²) in [5, 5.41) is 9.19. The zero-order chi connectivity index (χ0) is 13.7. The number of ether oxygens (including phenoxy) is 1. The molecule has 2 aromatic rings. The van der Waals surface area contributed by atoms with Crippen LogP contribution in [0.3, 0.4) is 0 Å². The number of ketones is 1. The summed E-state index contributed by atoms with van der Waals surface area (Å²) in [6.07, 6.45) is 0.428. The Balaban J connectivity index is 0.000000146. The van der Waals surface area contributed by atoms with Crippen LogP contribution >= 0.6 is 0 Å². The Morgan fingerprint density at radius 3 is 2.63 bits per heavy atom. The second-order valence-corrected chi connectivity index (χ2v) is 4.23. The number of carbonyl (C=O) groups excluding carboxylic acids is 1. The minimum atomic E-state index is -0.0249. The fourth-order valence-electron chi connectivity index (χ4n) is 1.79. The van der Waals surface area contributed by atoms with Gasteiger partial charge in [-0.3, -0.25) is 4.79 Å². The SMILES string of the molecule is CCC(=O)c1ccccc1O.c1cc2cc(c1)OC2. The molecule has 0 atom stereocenters. The van der Waals surface area contributed by atoms with E-state index in [9.17, 15) is 9.90 Å². The smallest absolute Gasteiger partial charge is 0.166 e. The van der Waals surface area contributed by atoms with Crippen LogP contribution < -0.4 is 4.74 Å². The van der Waals surface area contributed by atoms with E-state index in [1.807, 2.05) is 12.1 Å². The van der Waals surface area contributed by atoms with Crippen molar-refractivity contribution in [2.45, 2.75) is 20.0 Å². The zero-order valence-corrected chi connectivity index (χ0v) is 10.8. The van der Waals surface area contributed by atoms with Gasteiger partial charge in [0.05, 0.1) is 5.56 Å². The van der Waals surface area contributed by atoms with Crippen LogP contribution in [0.15, 0.2) is 48.5 Å². The van der Waals surface area contributed by atoms with Gasteiger partial charge in [-0.2, -0.15) is 0 Å². The van der Waals surface area contributed by atoms with Crippen LogP contribution in [0, 0.1) is 0 Å². The molecule has 0 unspecified atom stereocenters. The molecule has 0 saturated carbocycles. The van der Waals surface area contributed by atoms with E-state index in [4.69, 9.17) is 4.74 Å². The number of hydrogen-bond acceptors (Lipinski definition) is 3. The highest BCUT2D eigenvalue weighted by atomic mass is 16.5. The number of benzene rings is 2. The summed E-state index contributed by atoms with van der Waals surface area (Å²) in [7, 11) is 0. The predicted molar refractivity (Wildman–Crippen MR) is 73.5 cm³/mol. The maximum absolute atomic E-state index is 11.1. The molecule has 98 valence electrons. The first-order chi connectivity index (χ1) is 9.20. The van der Waals surface area contributed by atoms with Gasteiger partial charge in [0.15, 0.2) is 5.78 Å². The average Bonchev–Trinajstić information content (AvgIpc) is 2.78. The molecule has 0 aromatic heterocycles. The van der Waals surface area contributed by atoms with Crippen LogP contribution in [-0.4, -0.2) is 10.9 Å². The topological polar surface area (TPSA) is 46.5 Å². The molecule has 19 heavy (non-hydrogen) atoms. The first-order valence-corrected chi connectivity index (χ1v) is 6.23. The van der Waals surface area contributed by atoms with Crippen molar-refractivity contribution >= 4 is 5.78 Å². The number of Topliss-reactive ketones (excluding diaryl/α,β-unsaturated/α-hetero) is 1. The van der Waals surface area contributed by atoms with Crippen LogP contribution in [0.4, 0.5) is 0 Å². The van der Waals surface area contributed by atoms with E-state index in [-0.39, 0.29) is 11.5 Å². The van der Waals surface area contributed by atoms with Gasteiger partial charge in [-0.05, 0) is 29.8 Å². The summed E-state index contributed by atoms with van der Waals surface area (Å²) in [4.78, 5) is 11.1. The molecule has 3 nitrogen and oxygen atoms in total. The fourth-order valence-corrected chi connectivity index (χ4v) is 1.79.